The maximum atomic E-state index is 12.2. The summed E-state index contributed by atoms with van der Waals surface area (Å²) in [7, 11) is 1.61. The Labute approximate surface area is 139 Å². The molecule has 0 fully saturated rings. The normalized spacial score (nSPS) is 11.9. The molecule has 0 bridgehead atoms. The summed E-state index contributed by atoms with van der Waals surface area (Å²) in [5.41, 5.74) is 8.20. The number of aromatic nitrogens is 2. The van der Waals surface area contributed by atoms with E-state index < -0.39 is 0 Å². The third-order valence-corrected chi connectivity index (χ3v) is 3.79. The first-order valence-electron chi connectivity index (χ1n) is 7.52. The number of carbonyl (C=O) groups excluding carboxylic acids is 1. The van der Waals surface area contributed by atoms with Gasteiger partial charge in [0, 0.05) is 11.1 Å². The molecule has 0 saturated carbocycles. The van der Waals surface area contributed by atoms with Gasteiger partial charge in [-0.1, -0.05) is 12.1 Å². The summed E-state index contributed by atoms with van der Waals surface area (Å²) in [6, 6.07) is 12.5. The third kappa shape index (κ3) is 3.24. The number of H-pyrrole nitrogens is 1. The SMILES string of the molecule is COc1cccc([C@H](C)NC(=O)Nc2ccc3[nH]nc(N)c3c2)c1. The molecule has 7 heteroatoms. The van der Waals surface area contributed by atoms with Gasteiger partial charge >= 0.3 is 6.03 Å². The van der Waals surface area contributed by atoms with Crippen LogP contribution in [0.15, 0.2) is 42.5 Å². The smallest absolute Gasteiger partial charge is 0.319 e. The summed E-state index contributed by atoms with van der Waals surface area (Å²) in [4.78, 5) is 12.2. The molecule has 0 aliphatic heterocycles. The quantitative estimate of drug-likeness (QED) is 0.591. The number of nitrogens with zero attached hydrogens (tertiary/aromatic N) is 1. The van der Waals surface area contributed by atoms with E-state index in [1.165, 1.54) is 0 Å². The first kappa shape index (κ1) is 15.7. The van der Waals surface area contributed by atoms with E-state index in [-0.39, 0.29) is 12.1 Å². The average Bonchev–Trinajstić information content (AvgIpc) is 2.95. The Morgan fingerprint density at radius 3 is 2.92 bits per heavy atom. The number of aromatic amines is 1. The Hall–Kier alpha value is -3.22. The highest BCUT2D eigenvalue weighted by Gasteiger charge is 2.11. The standard InChI is InChI=1S/C17H19N5O2/c1-10(11-4-3-5-13(8-11)24-2)19-17(23)20-12-6-7-15-14(9-12)16(18)22-21-15/h3-10H,1-2H3,(H3,18,21,22)(H2,19,20,23)/t10-/m0/s1. The van der Waals surface area contributed by atoms with Crippen LogP contribution in [0.25, 0.3) is 10.9 Å². The molecule has 2 aromatic carbocycles. The number of fused-ring (bicyclic) bond motifs is 1. The predicted molar refractivity (Wildman–Crippen MR) is 94.1 cm³/mol. The van der Waals surface area contributed by atoms with Crippen molar-refractivity contribution in [1.29, 1.82) is 0 Å². The molecule has 0 aliphatic rings. The number of methoxy groups -OCH3 is 1. The molecule has 5 N–H and O–H groups in total. The Morgan fingerprint density at radius 2 is 2.12 bits per heavy atom. The van der Waals surface area contributed by atoms with E-state index in [1.54, 1.807) is 19.2 Å². The molecule has 7 nitrogen and oxygen atoms in total. The van der Waals surface area contributed by atoms with Gasteiger partial charge in [-0.3, -0.25) is 5.10 Å². The van der Waals surface area contributed by atoms with Crippen LogP contribution >= 0.6 is 0 Å². The second-order valence-electron chi connectivity index (χ2n) is 5.47. The number of anilines is 2. The number of carbonyl (C=O) groups is 1. The Bertz CT molecular complexity index is 874. The minimum Gasteiger partial charge on any atom is -0.497 e. The van der Waals surface area contributed by atoms with Crippen molar-refractivity contribution in [1.82, 2.24) is 15.5 Å². The lowest BCUT2D eigenvalue weighted by molar-refractivity contribution is 0.249. The second-order valence-corrected chi connectivity index (χ2v) is 5.47. The molecular formula is C17H19N5O2. The first-order chi connectivity index (χ1) is 11.6. The fourth-order valence-corrected chi connectivity index (χ4v) is 2.47. The zero-order valence-electron chi connectivity index (χ0n) is 13.5. The minimum absolute atomic E-state index is 0.164. The fraction of sp³-hybridized carbons (Fsp3) is 0.176. The maximum absolute atomic E-state index is 12.2. The van der Waals surface area contributed by atoms with Crippen LogP contribution in [0.1, 0.15) is 18.5 Å². The van der Waals surface area contributed by atoms with Gasteiger partial charge in [0.2, 0.25) is 0 Å². The summed E-state index contributed by atoms with van der Waals surface area (Å²) in [5.74, 6) is 1.15. The number of nitrogens with one attached hydrogen (secondary N) is 3. The van der Waals surface area contributed by atoms with Crippen molar-refractivity contribution in [2.45, 2.75) is 13.0 Å². The van der Waals surface area contributed by atoms with E-state index in [9.17, 15) is 4.79 Å². The van der Waals surface area contributed by atoms with Gasteiger partial charge in [0.1, 0.15) is 5.75 Å². The number of nitrogen functional groups attached to an aromatic ring is 1. The molecule has 0 unspecified atom stereocenters. The number of hydrogen-bond donors (Lipinski definition) is 4. The molecular weight excluding hydrogens is 306 g/mol. The molecule has 0 radical (unpaired) electrons. The number of nitrogens with two attached hydrogens (primary N) is 1. The molecule has 3 rings (SSSR count). The molecule has 24 heavy (non-hydrogen) atoms. The summed E-state index contributed by atoms with van der Waals surface area (Å²) >= 11 is 0. The number of ether oxygens (including phenoxy) is 1. The van der Waals surface area contributed by atoms with E-state index in [1.807, 2.05) is 37.3 Å². The van der Waals surface area contributed by atoms with E-state index in [0.717, 1.165) is 22.2 Å². The van der Waals surface area contributed by atoms with Crippen molar-refractivity contribution in [3.05, 3.63) is 48.0 Å². The molecule has 1 heterocycles. The molecule has 3 aromatic rings. The van der Waals surface area contributed by atoms with Crippen LogP contribution in [0.4, 0.5) is 16.3 Å². The summed E-state index contributed by atoms with van der Waals surface area (Å²) in [6.45, 7) is 1.91. The van der Waals surface area contributed by atoms with Gasteiger partial charge in [-0.05, 0) is 42.8 Å². The number of rotatable bonds is 4. The molecule has 2 amide bonds. The lowest BCUT2D eigenvalue weighted by atomic mass is 10.1. The van der Waals surface area contributed by atoms with Gasteiger partial charge in [-0.2, -0.15) is 5.10 Å². The van der Waals surface area contributed by atoms with Crippen molar-refractivity contribution in [3.8, 4) is 5.75 Å². The van der Waals surface area contributed by atoms with Crippen LogP contribution < -0.4 is 21.1 Å². The highest BCUT2D eigenvalue weighted by Crippen LogP contribution is 2.22. The number of amides is 2. The molecule has 1 atom stereocenters. The molecule has 124 valence electrons. The van der Waals surface area contributed by atoms with Gasteiger partial charge in [-0.15, -0.1) is 0 Å². The van der Waals surface area contributed by atoms with Crippen LogP contribution in [0.2, 0.25) is 0 Å². The highest BCUT2D eigenvalue weighted by molar-refractivity contribution is 5.95. The number of urea groups is 1. The third-order valence-electron chi connectivity index (χ3n) is 3.79. The Morgan fingerprint density at radius 1 is 1.29 bits per heavy atom. The highest BCUT2D eigenvalue weighted by atomic mass is 16.5. The second kappa shape index (κ2) is 6.49. The number of hydrogen-bond acceptors (Lipinski definition) is 4. The van der Waals surface area contributed by atoms with Crippen LogP contribution in [0.3, 0.4) is 0 Å². The van der Waals surface area contributed by atoms with E-state index in [0.29, 0.717) is 11.5 Å². The first-order valence-corrected chi connectivity index (χ1v) is 7.52. The van der Waals surface area contributed by atoms with Crippen molar-refractivity contribution in [2.24, 2.45) is 0 Å². The van der Waals surface area contributed by atoms with E-state index in [4.69, 9.17) is 10.5 Å². The lowest BCUT2D eigenvalue weighted by Gasteiger charge is -2.16. The van der Waals surface area contributed by atoms with Crippen LogP contribution in [-0.2, 0) is 0 Å². The zero-order valence-corrected chi connectivity index (χ0v) is 13.5. The lowest BCUT2D eigenvalue weighted by Crippen LogP contribution is -2.31. The topological polar surface area (TPSA) is 105 Å². The predicted octanol–water partition coefficient (Wildman–Crippen LogP) is 3.04. The summed E-state index contributed by atoms with van der Waals surface area (Å²) in [6.07, 6.45) is 0. The molecule has 0 aliphatic carbocycles. The van der Waals surface area contributed by atoms with Gasteiger partial charge in [0.15, 0.2) is 5.82 Å². The van der Waals surface area contributed by atoms with Crippen LogP contribution in [0.5, 0.6) is 5.75 Å². The zero-order chi connectivity index (χ0) is 17.1. The largest absolute Gasteiger partial charge is 0.497 e. The van der Waals surface area contributed by atoms with Crippen molar-refractivity contribution in [3.63, 3.8) is 0 Å². The van der Waals surface area contributed by atoms with E-state index in [2.05, 4.69) is 20.8 Å². The monoisotopic (exact) mass is 325 g/mol. The fourth-order valence-electron chi connectivity index (χ4n) is 2.47. The molecule has 0 spiro atoms. The van der Waals surface area contributed by atoms with Crippen molar-refractivity contribution in [2.75, 3.05) is 18.2 Å². The van der Waals surface area contributed by atoms with Crippen molar-refractivity contribution < 1.29 is 9.53 Å². The van der Waals surface area contributed by atoms with Crippen LogP contribution in [-0.4, -0.2) is 23.3 Å². The van der Waals surface area contributed by atoms with Gasteiger partial charge < -0.3 is 21.1 Å². The Balaban J connectivity index is 1.68. The maximum Gasteiger partial charge on any atom is 0.319 e. The molecule has 0 saturated heterocycles. The molecule has 1 aromatic heterocycles. The van der Waals surface area contributed by atoms with Gasteiger partial charge in [0.05, 0.1) is 18.7 Å². The van der Waals surface area contributed by atoms with Crippen LogP contribution in [0, 0.1) is 0 Å². The number of benzene rings is 2. The van der Waals surface area contributed by atoms with Gasteiger partial charge in [-0.25, -0.2) is 4.79 Å². The van der Waals surface area contributed by atoms with E-state index >= 15 is 0 Å². The Kier molecular flexibility index (Phi) is 4.24. The summed E-state index contributed by atoms with van der Waals surface area (Å²) < 4.78 is 5.20. The van der Waals surface area contributed by atoms with Crippen molar-refractivity contribution >= 4 is 28.4 Å². The minimum atomic E-state index is -0.299. The summed E-state index contributed by atoms with van der Waals surface area (Å²) in [5, 5.41) is 13.2. The average molecular weight is 325 g/mol. The van der Waals surface area contributed by atoms with Gasteiger partial charge in [0.25, 0.3) is 0 Å².